The maximum Gasteiger partial charge on any atom is 0.0453 e. The minimum atomic E-state index is 0.180. The van der Waals surface area contributed by atoms with Crippen LogP contribution in [0, 0.1) is 0 Å². The van der Waals surface area contributed by atoms with E-state index >= 15 is 0 Å². The molecule has 0 radical (unpaired) electrons. The van der Waals surface area contributed by atoms with E-state index in [4.69, 9.17) is 46.4 Å². The van der Waals surface area contributed by atoms with Crippen LogP contribution in [0.1, 0.15) is 17.0 Å². The Labute approximate surface area is 133 Å². The third-order valence-electron chi connectivity index (χ3n) is 2.99. The second-order valence-electron chi connectivity index (χ2n) is 4.35. The largest absolute Gasteiger partial charge is 0.126 e. The summed E-state index contributed by atoms with van der Waals surface area (Å²) in [6.07, 6.45) is 0.764. The molecule has 0 aliphatic rings. The topological polar surface area (TPSA) is 0 Å². The van der Waals surface area contributed by atoms with Crippen molar-refractivity contribution in [1.29, 1.82) is 0 Å². The molecule has 0 aliphatic heterocycles. The third-order valence-corrected chi connectivity index (χ3v) is 4.18. The Bertz CT molecular complexity index is 566. The van der Waals surface area contributed by atoms with Crippen molar-refractivity contribution in [3.63, 3.8) is 0 Å². The zero-order chi connectivity index (χ0) is 13.8. The molecule has 2 aromatic carbocycles. The van der Waals surface area contributed by atoms with Crippen molar-refractivity contribution in [2.45, 2.75) is 12.3 Å². The van der Waals surface area contributed by atoms with Gasteiger partial charge in [-0.15, -0.1) is 11.6 Å². The predicted molar refractivity (Wildman–Crippen MR) is 85.1 cm³/mol. The fourth-order valence-electron chi connectivity index (χ4n) is 1.97. The zero-order valence-electron chi connectivity index (χ0n) is 10.0. The highest BCUT2D eigenvalue weighted by molar-refractivity contribution is 6.35. The first-order valence-corrected chi connectivity index (χ1v) is 7.52. The van der Waals surface area contributed by atoms with Gasteiger partial charge in [0, 0.05) is 26.9 Å². The number of halogens is 4. The number of hydrogen-bond acceptors (Lipinski definition) is 0. The van der Waals surface area contributed by atoms with Crippen LogP contribution in [-0.4, -0.2) is 5.88 Å². The SMILES string of the molecule is ClCC(Cc1ccc(Cl)cc1Cl)c1cccc(Cl)c1. The fraction of sp³-hybridized carbons (Fsp3) is 0.200. The Morgan fingerprint density at radius 1 is 0.895 bits per heavy atom. The molecule has 0 amide bonds. The van der Waals surface area contributed by atoms with Crippen LogP contribution in [0.4, 0.5) is 0 Å². The predicted octanol–water partition coefficient (Wildman–Crippen LogP) is 6.21. The molecule has 4 heteroatoms. The van der Waals surface area contributed by atoms with Crippen LogP contribution >= 0.6 is 46.4 Å². The molecule has 100 valence electrons. The Morgan fingerprint density at radius 3 is 2.26 bits per heavy atom. The van der Waals surface area contributed by atoms with E-state index in [1.807, 2.05) is 36.4 Å². The monoisotopic (exact) mass is 332 g/mol. The van der Waals surface area contributed by atoms with Crippen molar-refractivity contribution in [3.05, 3.63) is 68.7 Å². The van der Waals surface area contributed by atoms with Crippen LogP contribution in [0.2, 0.25) is 15.1 Å². The summed E-state index contributed by atoms with van der Waals surface area (Å²) in [6, 6.07) is 13.3. The van der Waals surface area contributed by atoms with E-state index in [2.05, 4.69) is 0 Å². The molecule has 2 aromatic rings. The van der Waals surface area contributed by atoms with Gasteiger partial charge < -0.3 is 0 Å². The standard InChI is InChI=1S/C15H12Cl4/c16-9-12(10-2-1-3-13(17)7-10)6-11-4-5-14(18)8-15(11)19/h1-5,7-8,12H,6,9H2. The minimum Gasteiger partial charge on any atom is -0.126 e. The lowest BCUT2D eigenvalue weighted by Crippen LogP contribution is -2.05. The van der Waals surface area contributed by atoms with E-state index in [0.717, 1.165) is 22.6 Å². The summed E-state index contributed by atoms with van der Waals surface area (Å²) in [7, 11) is 0. The van der Waals surface area contributed by atoms with Gasteiger partial charge in [-0.25, -0.2) is 0 Å². The minimum absolute atomic E-state index is 0.180. The molecule has 2 rings (SSSR count). The Kier molecular flexibility index (Phi) is 5.41. The molecule has 0 bridgehead atoms. The van der Waals surface area contributed by atoms with Gasteiger partial charge in [0.1, 0.15) is 0 Å². The quantitative estimate of drug-likeness (QED) is 0.583. The van der Waals surface area contributed by atoms with Gasteiger partial charge >= 0.3 is 0 Å². The molecule has 0 heterocycles. The molecule has 0 fully saturated rings. The highest BCUT2D eigenvalue weighted by Crippen LogP contribution is 2.29. The normalized spacial score (nSPS) is 12.4. The number of rotatable bonds is 4. The molecule has 1 unspecified atom stereocenters. The molecule has 0 nitrogen and oxygen atoms in total. The van der Waals surface area contributed by atoms with E-state index in [1.54, 1.807) is 6.07 Å². The van der Waals surface area contributed by atoms with Gasteiger partial charge in [0.25, 0.3) is 0 Å². The lowest BCUT2D eigenvalue weighted by Gasteiger charge is -2.16. The van der Waals surface area contributed by atoms with Crippen molar-refractivity contribution < 1.29 is 0 Å². The summed E-state index contributed by atoms with van der Waals surface area (Å²) in [4.78, 5) is 0. The number of alkyl halides is 1. The Hall–Kier alpha value is -0.400. The molecule has 0 spiro atoms. The average molecular weight is 334 g/mol. The van der Waals surface area contributed by atoms with E-state index in [0.29, 0.717) is 15.9 Å². The molecule has 0 saturated heterocycles. The summed E-state index contributed by atoms with van der Waals surface area (Å²) in [5.41, 5.74) is 2.16. The maximum atomic E-state index is 6.20. The molecular formula is C15H12Cl4. The van der Waals surface area contributed by atoms with Gasteiger partial charge in [0.15, 0.2) is 0 Å². The third kappa shape index (κ3) is 4.03. The summed E-state index contributed by atoms with van der Waals surface area (Å²) in [5.74, 6) is 0.693. The van der Waals surface area contributed by atoms with Gasteiger partial charge in [0.2, 0.25) is 0 Å². The Morgan fingerprint density at radius 2 is 1.63 bits per heavy atom. The van der Waals surface area contributed by atoms with Crippen molar-refractivity contribution in [1.82, 2.24) is 0 Å². The smallest absolute Gasteiger partial charge is 0.0453 e. The maximum absolute atomic E-state index is 6.20. The van der Waals surface area contributed by atoms with E-state index < -0.39 is 0 Å². The molecule has 19 heavy (non-hydrogen) atoms. The molecule has 0 aliphatic carbocycles. The number of benzene rings is 2. The molecular weight excluding hydrogens is 322 g/mol. The molecule has 0 aromatic heterocycles. The summed E-state index contributed by atoms with van der Waals surface area (Å²) >= 11 is 24.2. The Balaban J connectivity index is 2.24. The van der Waals surface area contributed by atoms with Crippen molar-refractivity contribution in [2.24, 2.45) is 0 Å². The lowest BCUT2D eigenvalue weighted by atomic mass is 9.93. The van der Waals surface area contributed by atoms with Crippen LogP contribution in [0.15, 0.2) is 42.5 Å². The van der Waals surface area contributed by atoms with Gasteiger partial charge in [-0.05, 0) is 41.8 Å². The fourth-order valence-corrected chi connectivity index (χ4v) is 2.95. The number of hydrogen-bond donors (Lipinski definition) is 0. The van der Waals surface area contributed by atoms with Gasteiger partial charge in [-0.1, -0.05) is 53.0 Å². The molecule has 0 N–H and O–H groups in total. The van der Waals surface area contributed by atoms with Crippen LogP contribution in [0.5, 0.6) is 0 Å². The van der Waals surface area contributed by atoms with Crippen LogP contribution in [0.3, 0.4) is 0 Å². The van der Waals surface area contributed by atoms with Crippen molar-refractivity contribution in [3.8, 4) is 0 Å². The van der Waals surface area contributed by atoms with E-state index in [1.165, 1.54) is 0 Å². The first-order chi connectivity index (χ1) is 9.10. The van der Waals surface area contributed by atoms with Crippen LogP contribution in [-0.2, 0) is 6.42 Å². The second kappa shape index (κ2) is 6.85. The van der Waals surface area contributed by atoms with E-state index in [9.17, 15) is 0 Å². The summed E-state index contributed by atoms with van der Waals surface area (Å²) in [6.45, 7) is 0. The first-order valence-electron chi connectivity index (χ1n) is 5.85. The summed E-state index contributed by atoms with van der Waals surface area (Å²) < 4.78 is 0. The van der Waals surface area contributed by atoms with E-state index in [-0.39, 0.29) is 5.92 Å². The lowest BCUT2D eigenvalue weighted by molar-refractivity contribution is 0.766. The van der Waals surface area contributed by atoms with Gasteiger partial charge in [0.05, 0.1) is 0 Å². The molecule has 0 saturated carbocycles. The average Bonchev–Trinajstić information content (AvgIpc) is 2.38. The van der Waals surface area contributed by atoms with Crippen LogP contribution < -0.4 is 0 Å². The zero-order valence-corrected chi connectivity index (χ0v) is 13.1. The van der Waals surface area contributed by atoms with Crippen molar-refractivity contribution >= 4 is 46.4 Å². The second-order valence-corrected chi connectivity index (χ2v) is 5.93. The van der Waals surface area contributed by atoms with Crippen molar-refractivity contribution in [2.75, 3.05) is 5.88 Å². The summed E-state index contributed by atoms with van der Waals surface area (Å²) in [5, 5.41) is 2.03. The first kappa shape index (κ1) is 15.0. The molecule has 1 atom stereocenters. The van der Waals surface area contributed by atoms with Crippen LogP contribution in [0.25, 0.3) is 0 Å². The van der Waals surface area contributed by atoms with Gasteiger partial charge in [-0.3, -0.25) is 0 Å². The highest BCUT2D eigenvalue weighted by Gasteiger charge is 2.13. The highest BCUT2D eigenvalue weighted by atomic mass is 35.5. The van der Waals surface area contributed by atoms with Gasteiger partial charge in [-0.2, -0.15) is 0 Å².